The lowest BCUT2D eigenvalue weighted by molar-refractivity contribution is 0.589. The summed E-state index contributed by atoms with van der Waals surface area (Å²) in [6.45, 7) is 6.19. The molecule has 4 rings (SSSR count). The van der Waals surface area contributed by atoms with Gasteiger partial charge in [0, 0.05) is 31.7 Å². The van der Waals surface area contributed by atoms with Crippen molar-refractivity contribution in [1.82, 2.24) is 10.3 Å². The van der Waals surface area contributed by atoms with Gasteiger partial charge in [-0.25, -0.2) is 4.98 Å². The summed E-state index contributed by atoms with van der Waals surface area (Å²) < 4.78 is 5.99. The Balaban J connectivity index is 1.85. The lowest BCUT2D eigenvalue weighted by Gasteiger charge is -2.30. The van der Waals surface area contributed by atoms with Crippen molar-refractivity contribution in [2.45, 2.75) is 6.92 Å². The van der Waals surface area contributed by atoms with E-state index in [4.69, 9.17) is 9.40 Å². The fourth-order valence-electron chi connectivity index (χ4n) is 3.07. The number of nitrogens with zero attached hydrogens (tertiary/aromatic N) is 2. The molecular formula is C18H19N3O. The van der Waals surface area contributed by atoms with Crippen molar-refractivity contribution >= 4 is 16.8 Å². The van der Waals surface area contributed by atoms with Crippen LogP contribution in [0, 0.1) is 6.92 Å². The molecular weight excluding hydrogens is 274 g/mol. The Morgan fingerprint density at radius 1 is 1.05 bits per heavy atom. The third-order valence-corrected chi connectivity index (χ3v) is 4.19. The van der Waals surface area contributed by atoms with Gasteiger partial charge in [-0.3, -0.25) is 0 Å². The van der Waals surface area contributed by atoms with E-state index in [1.165, 1.54) is 11.3 Å². The van der Waals surface area contributed by atoms with Crippen LogP contribution in [-0.4, -0.2) is 31.2 Å². The third kappa shape index (κ3) is 2.25. The molecule has 4 heteroatoms. The molecule has 1 aliphatic rings. The van der Waals surface area contributed by atoms with E-state index >= 15 is 0 Å². The highest BCUT2D eigenvalue weighted by molar-refractivity contribution is 5.91. The first-order chi connectivity index (χ1) is 10.8. The van der Waals surface area contributed by atoms with Crippen LogP contribution in [0.15, 0.2) is 46.9 Å². The fraction of sp³-hybridized carbons (Fsp3) is 0.278. The summed E-state index contributed by atoms with van der Waals surface area (Å²) in [5.41, 5.74) is 5.31. The van der Waals surface area contributed by atoms with Gasteiger partial charge in [0.1, 0.15) is 5.52 Å². The zero-order valence-electron chi connectivity index (χ0n) is 12.7. The summed E-state index contributed by atoms with van der Waals surface area (Å²) in [7, 11) is 0. The van der Waals surface area contributed by atoms with Crippen LogP contribution < -0.4 is 10.2 Å². The van der Waals surface area contributed by atoms with E-state index in [1.54, 1.807) is 0 Å². The summed E-state index contributed by atoms with van der Waals surface area (Å²) in [4.78, 5) is 7.20. The molecule has 0 aliphatic carbocycles. The van der Waals surface area contributed by atoms with Crippen molar-refractivity contribution in [3.8, 4) is 11.5 Å². The molecule has 3 aromatic rings. The first-order valence-corrected chi connectivity index (χ1v) is 7.74. The Kier molecular flexibility index (Phi) is 3.31. The van der Waals surface area contributed by atoms with Gasteiger partial charge >= 0.3 is 0 Å². The van der Waals surface area contributed by atoms with Gasteiger partial charge in [-0.1, -0.05) is 24.3 Å². The van der Waals surface area contributed by atoms with E-state index < -0.39 is 0 Å². The first-order valence-electron chi connectivity index (χ1n) is 7.74. The number of rotatable bonds is 2. The highest BCUT2D eigenvalue weighted by atomic mass is 16.3. The van der Waals surface area contributed by atoms with Gasteiger partial charge < -0.3 is 14.6 Å². The number of aryl methyl sites for hydroxylation is 1. The van der Waals surface area contributed by atoms with Crippen LogP contribution in [0.5, 0.6) is 0 Å². The largest absolute Gasteiger partial charge is 0.436 e. The van der Waals surface area contributed by atoms with E-state index in [1.807, 2.05) is 36.4 Å². The maximum absolute atomic E-state index is 5.99. The molecule has 2 aromatic carbocycles. The van der Waals surface area contributed by atoms with Crippen molar-refractivity contribution < 1.29 is 4.42 Å². The highest BCUT2D eigenvalue weighted by Gasteiger charge is 2.19. The topological polar surface area (TPSA) is 41.3 Å². The van der Waals surface area contributed by atoms with Gasteiger partial charge in [-0.05, 0) is 30.7 Å². The maximum atomic E-state index is 5.99. The minimum Gasteiger partial charge on any atom is -0.436 e. The van der Waals surface area contributed by atoms with E-state index in [9.17, 15) is 0 Å². The number of benzene rings is 2. The predicted molar refractivity (Wildman–Crippen MR) is 89.3 cm³/mol. The van der Waals surface area contributed by atoms with Crippen LogP contribution in [0.2, 0.25) is 0 Å². The summed E-state index contributed by atoms with van der Waals surface area (Å²) in [6, 6.07) is 14.2. The average Bonchev–Trinajstić information content (AvgIpc) is 3.00. The fourth-order valence-corrected chi connectivity index (χ4v) is 3.07. The van der Waals surface area contributed by atoms with Crippen LogP contribution in [0.3, 0.4) is 0 Å². The summed E-state index contributed by atoms with van der Waals surface area (Å²) in [6.07, 6.45) is 0. The van der Waals surface area contributed by atoms with Crippen LogP contribution in [0.25, 0.3) is 22.6 Å². The Bertz CT molecular complexity index is 789. The Morgan fingerprint density at radius 3 is 2.59 bits per heavy atom. The SMILES string of the molecule is Cc1ccc2oc(-c3ccccc3)nc2c1N1CCNCC1. The Morgan fingerprint density at radius 2 is 1.82 bits per heavy atom. The van der Waals surface area contributed by atoms with Crippen LogP contribution in [0.4, 0.5) is 5.69 Å². The summed E-state index contributed by atoms with van der Waals surface area (Å²) >= 11 is 0. The Labute approximate surface area is 129 Å². The molecule has 1 aliphatic heterocycles. The molecule has 1 fully saturated rings. The minimum atomic E-state index is 0.692. The third-order valence-electron chi connectivity index (χ3n) is 4.19. The molecule has 4 nitrogen and oxygen atoms in total. The number of anilines is 1. The molecule has 0 bridgehead atoms. The van der Waals surface area contributed by atoms with Crippen molar-refractivity contribution in [3.05, 3.63) is 48.0 Å². The number of fused-ring (bicyclic) bond motifs is 1. The molecule has 1 saturated heterocycles. The van der Waals surface area contributed by atoms with E-state index in [0.717, 1.165) is 42.8 Å². The molecule has 1 N–H and O–H groups in total. The minimum absolute atomic E-state index is 0.692. The number of piperazine rings is 1. The number of nitrogens with one attached hydrogen (secondary N) is 1. The molecule has 22 heavy (non-hydrogen) atoms. The standard InChI is InChI=1S/C18H19N3O/c1-13-7-8-15-16(17(13)21-11-9-19-10-12-21)20-18(22-15)14-5-3-2-4-6-14/h2-8,19H,9-12H2,1H3. The van der Waals surface area contributed by atoms with Gasteiger partial charge in [0.05, 0.1) is 5.69 Å². The van der Waals surface area contributed by atoms with Gasteiger partial charge in [0.25, 0.3) is 0 Å². The molecule has 2 heterocycles. The first kappa shape index (κ1) is 13.3. The van der Waals surface area contributed by atoms with Gasteiger partial charge in [-0.15, -0.1) is 0 Å². The van der Waals surface area contributed by atoms with Gasteiger partial charge in [0.2, 0.25) is 5.89 Å². The second-order valence-electron chi connectivity index (χ2n) is 5.70. The van der Waals surface area contributed by atoms with Crippen molar-refractivity contribution in [2.24, 2.45) is 0 Å². The smallest absolute Gasteiger partial charge is 0.227 e. The molecule has 0 spiro atoms. The van der Waals surface area contributed by atoms with Crippen LogP contribution in [-0.2, 0) is 0 Å². The Hall–Kier alpha value is -2.33. The normalized spacial score (nSPS) is 15.4. The number of oxazole rings is 1. The number of hydrogen-bond donors (Lipinski definition) is 1. The zero-order chi connectivity index (χ0) is 14.9. The molecule has 0 radical (unpaired) electrons. The highest BCUT2D eigenvalue weighted by Crippen LogP contribution is 2.33. The lowest BCUT2D eigenvalue weighted by Crippen LogP contribution is -2.43. The predicted octanol–water partition coefficient (Wildman–Crippen LogP) is 3.21. The van der Waals surface area contributed by atoms with Crippen molar-refractivity contribution in [1.29, 1.82) is 0 Å². The van der Waals surface area contributed by atoms with Crippen molar-refractivity contribution in [2.75, 3.05) is 31.1 Å². The van der Waals surface area contributed by atoms with E-state index in [0.29, 0.717) is 5.89 Å². The number of aromatic nitrogens is 1. The molecule has 1 aromatic heterocycles. The molecule has 0 unspecified atom stereocenters. The zero-order valence-corrected chi connectivity index (χ0v) is 12.7. The monoisotopic (exact) mass is 293 g/mol. The van der Waals surface area contributed by atoms with Gasteiger partial charge in [-0.2, -0.15) is 0 Å². The van der Waals surface area contributed by atoms with E-state index in [2.05, 4.69) is 23.2 Å². The summed E-state index contributed by atoms with van der Waals surface area (Å²) in [5.74, 6) is 0.692. The molecule has 0 atom stereocenters. The maximum Gasteiger partial charge on any atom is 0.227 e. The van der Waals surface area contributed by atoms with Crippen molar-refractivity contribution in [3.63, 3.8) is 0 Å². The quantitative estimate of drug-likeness (QED) is 0.787. The van der Waals surface area contributed by atoms with Crippen LogP contribution >= 0.6 is 0 Å². The molecule has 0 amide bonds. The van der Waals surface area contributed by atoms with Crippen LogP contribution in [0.1, 0.15) is 5.56 Å². The second kappa shape index (κ2) is 5.46. The summed E-state index contributed by atoms with van der Waals surface area (Å²) in [5, 5.41) is 3.40. The van der Waals surface area contributed by atoms with E-state index in [-0.39, 0.29) is 0 Å². The van der Waals surface area contributed by atoms with Gasteiger partial charge in [0.15, 0.2) is 5.58 Å². The number of hydrogen-bond acceptors (Lipinski definition) is 4. The molecule has 0 saturated carbocycles. The molecule has 112 valence electrons. The average molecular weight is 293 g/mol. The second-order valence-corrected chi connectivity index (χ2v) is 5.70. The lowest BCUT2D eigenvalue weighted by atomic mass is 10.1.